The molecule has 28 heavy (non-hydrogen) atoms. The fourth-order valence-corrected chi connectivity index (χ4v) is 4.01. The van der Waals surface area contributed by atoms with Gasteiger partial charge in [0.15, 0.2) is 0 Å². The number of nitriles is 1. The van der Waals surface area contributed by atoms with Gasteiger partial charge in [0.25, 0.3) is 5.91 Å². The summed E-state index contributed by atoms with van der Waals surface area (Å²) in [6.45, 7) is 3.92. The van der Waals surface area contributed by atoms with Gasteiger partial charge in [0.05, 0.1) is 18.7 Å². The molecule has 1 heterocycles. The maximum atomic E-state index is 13.0. The molecular formula is C23H25N3O2. The van der Waals surface area contributed by atoms with Crippen molar-refractivity contribution >= 4 is 5.91 Å². The summed E-state index contributed by atoms with van der Waals surface area (Å²) in [5.41, 5.74) is 4.36. The molecule has 5 heteroatoms. The van der Waals surface area contributed by atoms with E-state index in [-0.39, 0.29) is 11.4 Å². The average Bonchev–Trinajstić information content (AvgIpc) is 3.00. The van der Waals surface area contributed by atoms with Crippen LogP contribution < -0.4 is 10.1 Å². The van der Waals surface area contributed by atoms with Gasteiger partial charge >= 0.3 is 0 Å². The molecule has 2 aliphatic rings. The highest BCUT2D eigenvalue weighted by atomic mass is 16.5. The Kier molecular flexibility index (Phi) is 4.82. The second-order valence-electron chi connectivity index (χ2n) is 8.06. The number of ether oxygens (including phenoxy) is 1. The summed E-state index contributed by atoms with van der Waals surface area (Å²) in [5.74, 6) is 0.794. The Bertz CT molecular complexity index is 940. The lowest BCUT2D eigenvalue weighted by Gasteiger charge is -2.39. The SMILES string of the molecule is COc1ccc(CN2Cc3c(C#N)cc(CNC4(C)CCC4)cc3C2=O)cc1. The number of amides is 1. The van der Waals surface area contributed by atoms with E-state index in [1.165, 1.54) is 19.3 Å². The summed E-state index contributed by atoms with van der Waals surface area (Å²) in [6.07, 6.45) is 3.62. The molecule has 2 aromatic rings. The number of nitrogens with zero attached hydrogens (tertiary/aromatic N) is 2. The van der Waals surface area contributed by atoms with Crippen molar-refractivity contribution in [1.82, 2.24) is 10.2 Å². The molecule has 0 atom stereocenters. The van der Waals surface area contributed by atoms with Crippen LogP contribution in [0.25, 0.3) is 0 Å². The van der Waals surface area contributed by atoms with E-state index < -0.39 is 0 Å². The normalized spacial score (nSPS) is 17.0. The number of hydrogen-bond acceptors (Lipinski definition) is 4. The number of fused-ring (bicyclic) bond motifs is 1. The Balaban J connectivity index is 1.52. The van der Waals surface area contributed by atoms with E-state index in [4.69, 9.17) is 4.74 Å². The van der Waals surface area contributed by atoms with Crippen molar-refractivity contribution in [3.8, 4) is 11.8 Å². The first-order valence-corrected chi connectivity index (χ1v) is 9.74. The number of carbonyl (C=O) groups is 1. The van der Waals surface area contributed by atoms with E-state index in [0.29, 0.717) is 30.8 Å². The van der Waals surface area contributed by atoms with Crippen molar-refractivity contribution in [1.29, 1.82) is 5.26 Å². The third-order valence-electron chi connectivity index (χ3n) is 6.01. The van der Waals surface area contributed by atoms with E-state index >= 15 is 0 Å². The Labute approximate surface area is 165 Å². The zero-order valence-corrected chi connectivity index (χ0v) is 16.4. The first-order valence-electron chi connectivity index (χ1n) is 9.74. The van der Waals surface area contributed by atoms with Crippen LogP contribution in [0, 0.1) is 11.3 Å². The van der Waals surface area contributed by atoms with Crippen molar-refractivity contribution in [2.45, 2.75) is 51.4 Å². The number of rotatable bonds is 6. The smallest absolute Gasteiger partial charge is 0.254 e. The van der Waals surface area contributed by atoms with Crippen LogP contribution >= 0.6 is 0 Å². The molecule has 0 saturated heterocycles. The van der Waals surface area contributed by atoms with Gasteiger partial charge in [0.1, 0.15) is 5.75 Å². The summed E-state index contributed by atoms with van der Waals surface area (Å²) in [5, 5.41) is 13.2. The molecule has 0 bridgehead atoms. The molecule has 1 N–H and O–H groups in total. The molecule has 1 saturated carbocycles. The minimum atomic E-state index is -0.000904. The maximum Gasteiger partial charge on any atom is 0.254 e. The lowest BCUT2D eigenvalue weighted by Crippen LogP contribution is -2.47. The topological polar surface area (TPSA) is 65.4 Å². The molecule has 1 aliphatic carbocycles. The van der Waals surface area contributed by atoms with Crippen LogP contribution in [0.5, 0.6) is 5.75 Å². The summed E-state index contributed by atoms with van der Waals surface area (Å²) in [7, 11) is 1.64. The Morgan fingerprint density at radius 3 is 2.57 bits per heavy atom. The number of carbonyl (C=O) groups excluding carboxylic acids is 1. The lowest BCUT2D eigenvalue weighted by atomic mass is 9.78. The first-order chi connectivity index (χ1) is 13.5. The monoisotopic (exact) mass is 375 g/mol. The van der Waals surface area contributed by atoms with Gasteiger partial charge in [-0.2, -0.15) is 5.26 Å². The van der Waals surface area contributed by atoms with Gasteiger partial charge < -0.3 is 15.0 Å². The standard InChI is InChI=1S/C23H25N3O2/c1-23(8-3-9-23)25-13-17-10-18(12-24)21-15-26(22(27)20(21)11-17)14-16-4-6-19(28-2)7-5-16/h4-7,10-11,25H,3,8-9,13-15H2,1-2H3. The van der Waals surface area contributed by atoms with Crippen molar-refractivity contribution < 1.29 is 9.53 Å². The molecule has 2 aromatic carbocycles. The van der Waals surface area contributed by atoms with Gasteiger partial charge in [0.2, 0.25) is 0 Å². The van der Waals surface area contributed by atoms with Crippen LogP contribution in [0.15, 0.2) is 36.4 Å². The van der Waals surface area contributed by atoms with E-state index in [2.05, 4.69) is 18.3 Å². The highest BCUT2D eigenvalue weighted by molar-refractivity contribution is 5.99. The highest BCUT2D eigenvalue weighted by Crippen LogP contribution is 2.32. The Morgan fingerprint density at radius 1 is 1.21 bits per heavy atom. The van der Waals surface area contributed by atoms with Crippen molar-refractivity contribution in [3.63, 3.8) is 0 Å². The second-order valence-corrected chi connectivity index (χ2v) is 8.06. The first kappa shape index (κ1) is 18.5. The molecule has 0 spiro atoms. The summed E-state index contributed by atoms with van der Waals surface area (Å²) in [4.78, 5) is 14.8. The average molecular weight is 375 g/mol. The van der Waals surface area contributed by atoms with Crippen LogP contribution in [-0.2, 0) is 19.6 Å². The Morgan fingerprint density at radius 2 is 1.96 bits per heavy atom. The van der Waals surface area contributed by atoms with Crippen LogP contribution in [0.4, 0.5) is 0 Å². The van der Waals surface area contributed by atoms with Gasteiger partial charge in [-0.25, -0.2) is 0 Å². The number of methoxy groups -OCH3 is 1. The Hall–Kier alpha value is -2.84. The molecule has 144 valence electrons. The zero-order chi connectivity index (χ0) is 19.7. The summed E-state index contributed by atoms with van der Waals surface area (Å²) < 4.78 is 5.19. The number of benzene rings is 2. The quantitative estimate of drug-likeness (QED) is 0.835. The molecule has 1 fully saturated rings. The molecule has 4 rings (SSSR count). The minimum absolute atomic E-state index is 0.000904. The van der Waals surface area contributed by atoms with Gasteiger partial charge in [-0.15, -0.1) is 0 Å². The molecular weight excluding hydrogens is 350 g/mol. The van der Waals surface area contributed by atoms with Crippen LogP contribution in [0.1, 0.15) is 58.8 Å². The molecule has 0 radical (unpaired) electrons. The molecule has 0 unspecified atom stereocenters. The summed E-state index contributed by atoms with van der Waals surface area (Å²) in [6, 6.07) is 13.9. The second kappa shape index (κ2) is 7.29. The third kappa shape index (κ3) is 3.48. The van der Waals surface area contributed by atoms with Gasteiger partial charge in [-0.3, -0.25) is 4.79 Å². The van der Waals surface area contributed by atoms with Crippen molar-refractivity contribution in [2.75, 3.05) is 7.11 Å². The minimum Gasteiger partial charge on any atom is -0.497 e. The van der Waals surface area contributed by atoms with Crippen LogP contribution in [0.2, 0.25) is 0 Å². The zero-order valence-electron chi connectivity index (χ0n) is 16.4. The van der Waals surface area contributed by atoms with Gasteiger partial charge in [-0.1, -0.05) is 12.1 Å². The largest absolute Gasteiger partial charge is 0.497 e. The van der Waals surface area contributed by atoms with Crippen LogP contribution in [-0.4, -0.2) is 23.5 Å². The third-order valence-corrected chi connectivity index (χ3v) is 6.01. The van der Waals surface area contributed by atoms with E-state index in [1.807, 2.05) is 36.4 Å². The molecule has 1 aliphatic heterocycles. The summed E-state index contributed by atoms with van der Waals surface area (Å²) >= 11 is 0. The molecule has 0 aromatic heterocycles. The highest BCUT2D eigenvalue weighted by Gasteiger charge is 2.32. The fourth-order valence-electron chi connectivity index (χ4n) is 4.01. The number of hydrogen-bond donors (Lipinski definition) is 1. The van der Waals surface area contributed by atoms with E-state index in [9.17, 15) is 10.1 Å². The lowest BCUT2D eigenvalue weighted by molar-refractivity contribution is 0.0766. The van der Waals surface area contributed by atoms with Crippen molar-refractivity contribution in [3.05, 3.63) is 64.2 Å². The van der Waals surface area contributed by atoms with Crippen molar-refractivity contribution in [2.24, 2.45) is 0 Å². The van der Waals surface area contributed by atoms with Gasteiger partial charge in [0, 0.05) is 36.3 Å². The van der Waals surface area contributed by atoms with Crippen LogP contribution in [0.3, 0.4) is 0 Å². The molecule has 5 nitrogen and oxygen atoms in total. The predicted octanol–water partition coefficient (Wildman–Crippen LogP) is 3.76. The van der Waals surface area contributed by atoms with E-state index in [1.54, 1.807) is 12.0 Å². The fraction of sp³-hybridized carbons (Fsp3) is 0.391. The predicted molar refractivity (Wildman–Crippen MR) is 107 cm³/mol. The molecule has 1 amide bonds. The number of nitrogens with one attached hydrogen (secondary N) is 1. The van der Waals surface area contributed by atoms with E-state index in [0.717, 1.165) is 22.4 Å². The maximum absolute atomic E-state index is 13.0. The van der Waals surface area contributed by atoms with Gasteiger partial charge in [-0.05, 0) is 61.6 Å².